The molecule has 0 spiro atoms. The second-order valence-corrected chi connectivity index (χ2v) is 15.8. The molecule has 0 fully saturated rings. The third kappa shape index (κ3) is 42.5. The van der Waals surface area contributed by atoms with Gasteiger partial charge in [0.05, 0.1) is 13.2 Å². The van der Waals surface area contributed by atoms with E-state index in [0.717, 1.165) is 77.0 Å². The van der Waals surface area contributed by atoms with E-state index in [-0.39, 0.29) is 61.6 Å². The molecule has 1 unspecified atom stereocenters. The standard InChI is InChI=1S/C43H81O8P.Na/c1-4-7-10-12-14-16-18-20-22-24-26-28-30-32-34-36-42(44)48-39-41(40-50-52(46,47)49-38-9-6-3)51-43(45)37-35-33-31-29-27-25-23-21-19-17-15-13-11-8-5-2;/h20-23,41H,4-19,24-40H2,1-3H3,(H,46,47);/q;+1/p-1/b22-20-,23-21-;/t41-;/m1./s1. The third-order valence-electron chi connectivity index (χ3n) is 9.18. The number of unbranched alkanes of at least 4 members (excludes halogenated alkanes) is 23. The minimum absolute atomic E-state index is 0. The first-order valence-electron chi connectivity index (χ1n) is 21.6. The molecule has 0 heterocycles. The van der Waals surface area contributed by atoms with Gasteiger partial charge in [0.25, 0.3) is 7.82 Å². The average molecular weight is 779 g/mol. The number of esters is 2. The molecule has 2 atom stereocenters. The van der Waals surface area contributed by atoms with Crippen LogP contribution in [-0.4, -0.2) is 37.9 Å². The van der Waals surface area contributed by atoms with Crippen LogP contribution in [0.4, 0.5) is 0 Å². The van der Waals surface area contributed by atoms with Crippen molar-refractivity contribution in [1.29, 1.82) is 0 Å². The number of hydrogen-bond acceptors (Lipinski definition) is 8. The molecule has 0 amide bonds. The summed E-state index contributed by atoms with van der Waals surface area (Å²) >= 11 is 0. The van der Waals surface area contributed by atoms with Gasteiger partial charge in [-0.25, -0.2) is 0 Å². The Hall–Kier alpha value is -0.470. The molecule has 0 radical (unpaired) electrons. The molecule has 0 saturated heterocycles. The number of rotatable bonds is 40. The van der Waals surface area contributed by atoms with Crippen LogP contribution in [0.3, 0.4) is 0 Å². The largest absolute Gasteiger partial charge is 1.00 e. The predicted molar refractivity (Wildman–Crippen MR) is 214 cm³/mol. The van der Waals surface area contributed by atoms with Crippen molar-refractivity contribution in [2.75, 3.05) is 19.8 Å². The maximum Gasteiger partial charge on any atom is 1.00 e. The Morgan fingerprint density at radius 3 is 1.32 bits per heavy atom. The topological polar surface area (TPSA) is 111 Å². The van der Waals surface area contributed by atoms with E-state index in [4.69, 9.17) is 18.5 Å². The van der Waals surface area contributed by atoms with Crippen LogP contribution >= 0.6 is 7.82 Å². The van der Waals surface area contributed by atoms with Crippen molar-refractivity contribution in [2.45, 2.75) is 219 Å². The quantitative estimate of drug-likeness (QED) is 0.0199. The van der Waals surface area contributed by atoms with Crippen molar-refractivity contribution in [2.24, 2.45) is 0 Å². The van der Waals surface area contributed by atoms with E-state index in [2.05, 4.69) is 38.2 Å². The zero-order chi connectivity index (χ0) is 38.2. The smallest absolute Gasteiger partial charge is 0.756 e. The van der Waals surface area contributed by atoms with E-state index in [1.165, 1.54) is 89.9 Å². The summed E-state index contributed by atoms with van der Waals surface area (Å²) in [5, 5.41) is 0. The monoisotopic (exact) mass is 779 g/mol. The Kier molecular flexibility index (Phi) is 44.0. The number of phosphoric acid groups is 1. The van der Waals surface area contributed by atoms with Gasteiger partial charge in [-0.3, -0.25) is 14.2 Å². The molecule has 0 aliphatic rings. The van der Waals surface area contributed by atoms with Gasteiger partial charge in [0, 0.05) is 12.8 Å². The van der Waals surface area contributed by atoms with Gasteiger partial charge in [-0.15, -0.1) is 0 Å². The molecule has 306 valence electrons. The van der Waals surface area contributed by atoms with E-state index in [1.807, 2.05) is 6.92 Å². The van der Waals surface area contributed by atoms with Crippen LogP contribution in [0.15, 0.2) is 24.3 Å². The maximum absolute atomic E-state index is 12.6. The van der Waals surface area contributed by atoms with Gasteiger partial charge < -0.3 is 23.4 Å². The summed E-state index contributed by atoms with van der Waals surface area (Å²) in [4.78, 5) is 37.2. The zero-order valence-corrected chi connectivity index (χ0v) is 37.8. The first-order chi connectivity index (χ1) is 25.3. The summed E-state index contributed by atoms with van der Waals surface area (Å²) < 4.78 is 32.9. The zero-order valence-electron chi connectivity index (χ0n) is 34.9. The van der Waals surface area contributed by atoms with Crippen molar-refractivity contribution in [3.8, 4) is 0 Å². The summed E-state index contributed by atoms with van der Waals surface area (Å²) in [6.07, 6.45) is 40.6. The van der Waals surface area contributed by atoms with Gasteiger partial charge in [0.2, 0.25) is 0 Å². The summed E-state index contributed by atoms with van der Waals surface area (Å²) in [6.45, 7) is 5.75. The van der Waals surface area contributed by atoms with Crippen LogP contribution in [0.1, 0.15) is 213 Å². The Bertz CT molecular complexity index is 913. The Morgan fingerprint density at radius 1 is 0.509 bits per heavy atom. The SMILES string of the molecule is CCCCCCCC/C=C\CCCCCCCC(=O)OC[C@H](COP(=O)([O-])OCCCC)OC(=O)CCCCCCC/C=C\CCCCCCCC.[Na+]. The molecule has 0 aliphatic carbocycles. The summed E-state index contributed by atoms with van der Waals surface area (Å²) in [5.74, 6) is -0.840. The summed E-state index contributed by atoms with van der Waals surface area (Å²) in [6, 6.07) is 0. The minimum Gasteiger partial charge on any atom is -0.756 e. The van der Waals surface area contributed by atoms with Crippen LogP contribution in [0, 0.1) is 0 Å². The van der Waals surface area contributed by atoms with Gasteiger partial charge >= 0.3 is 41.5 Å². The van der Waals surface area contributed by atoms with Crippen molar-refractivity contribution in [3.63, 3.8) is 0 Å². The van der Waals surface area contributed by atoms with Gasteiger partial charge in [-0.2, -0.15) is 0 Å². The molecular formula is C43H80NaO8P. The van der Waals surface area contributed by atoms with Crippen LogP contribution in [0.2, 0.25) is 0 Å². The second-order valence-electron chi connectivity index (χ2n) is 14.4. The number of carbonyl (C=O) groups excluding carboxylic acids is 2. The van der Waals surface area contributed by atoms with Gasteiger partial charge in [-0.1, -0.05) is 154 Å². The van der Waals surface area contributed by atoms with Crippen molar-refractivity contribution in [3.05, 3.63) is 24.3 Å². The molecule has 0 aliphatic heterocycles. The van der Waals surface area contributed by atoms with Gasteiger partial charge in [-0.05, 0) is 70.6 Å². The van der Waals surface area contributed by atoms with E-state index >= 15 is 0 Å². The number of carbonyl (C=O) groups is 2. The first kappa shape index (κ1) is 54.6. The molecule has 0 rings (SSSR count). The predicted octanol–water partition coefficient (Wildman–Crippen LogP) is 9.82. The average Bonchev–Trinajstić information content (AvgIpc) is 3.12. The van der Waals surface area contributed by atoms with Crippen LogP contribution < -0.4 is 34.5 Å². The molecule has 8 nitrogen and oxygen atoms in total. The van der Waals surface area contributed by atoms with Crippen molar-refractivity contribution >= 4 is 19.8 Å². The van der Waals surface area contributed by atoms with Crippen molar-refractivity contribution < 1.29 is 67.1 Å². The van der Waals surface area contributed by atoms with Crippen molar-refractivity contribution in [1.82, 2.24) is 0 Å². The molecule has 53 heavy (non-hydrogen) atoms. The van der Waals surface area contributed by atoms with Crippen LogP contribution in [0.5, 0.6) is 0 Å². The number of ether oxygens (including phenoxy) is 2. The maximum atomic E-state index is 12.6. The van der Waals surface area contributed by atoms with E-state index in [1.54, 1.807) is 0 Å². The minimum atomic E-state index is -4.56. The molecule has 0 aromatic rings. The summed E-state index contributed by atoms with van der Waals surface area (Å²) in [7, 11) is -4.56. The number of phosphoric ester groups is 1. The fourth-order valence-corrected chi connectivity index (χ4v) is 6.61. The van der Waals surface area contributed by atoms with E-state index < -0.39 is 26.5 Å². The number of hydrogen-bond donors (Lipinski definition) is 0. The van der Waals surface area contributed by atoms with E-state index in [0.29, 0.717) is 12.8 Å². The second kappa shape index (κ2) is 42.7. The Balaban J connectivity index is 0. The summed E-state index contributed by atoms with van der Waals surface area (Å²) in [5.41, 5.74) is 0. The molecule has 0 bridgehead atoms. The van der Waals surface area contributed by atoms with Gasteiger partial charge in [0.1, 0.15) is 6.61 Å². The van der Waals surface area contributed by atoms with Gasteiger partial charge in [0.15, 0.2) is 6.10 Å². The fourth-order valence-electron chi connectivity index (χ4n) is 5.83. The van der Waals surface area contributed by atoms with Crippen LogP contribution in [-0.2, 0) is 32.7 Å². The van der Waals surface area contributed by atoms with E-state index in [9.17, 15) is 19.0 Å². The molecule has 0 N–H and O–H groups in total. The molecule has 0 aromatic carbocycles. The Labute approximate surface area is 348 Å². The molecular weight excluding hydrogens is 698 g/mol. The van der Waals surface area contributed by atoms with Crippen LogP contribution in [0.25, 0.3) is 0 Å². The molecule has 0 aromatic heterocycles. The normalized spacial score (nSPS) is 13.3. The molecule has 10 heteroatoms. The fraction of sp³-hybridized carbons (Fsp3) is 0.860. The first-order valence-corrected chi connectivity index (χ1v) is 23.1. The third-order valence-corrected chi connectivity index (χ3v) is 10.1. The number of allylic oxidation sites excluding steroid dienone is 4. The Morgan fingerprint density at radius 2 is 0.887 bits per heavy atom. The molecule has 0 saturated carbocycles.